The van der Waals surface area contributed by atoms with Crippen molar-refractivity contribution in [3.63, 3.8) is 0 Å². The van der Waals surface area contributed by atoms with E-state index in [0.717, 1.165) is 6.42 Å². The second-order valence-electron chi connectivity index (χ2n) is 6.40. The maximum atomic E-state index is 11.5. The molecule has 1 aliphatic carbocycles. The van der Waals surface area contributed by atoms with Crippen molar-refractivity contribution in [3.05, 3.63) is 0 Å². The molecule has 16 heavy (non-hydrogen) atoms. The van der Waals surface area contributed by atoms with Crippen LogP contribution in [-0.2, 0) is 4.74 Å². The summed E-state index contributed by atoms with van der Waals surface area (Å²) < 4.78 is 5.18. The van der Waals surface area contributed by atoms with Crippen molar-refractivity contribution in [2.45, 2.75) is 46.6 Å². The molecule has 1 atom stereocenters. The van der Waals surface area contributed by atoms with E-state index in [1.54, 1.807) is 0 Å². The van der Waals surface area contributed by atoms with Crippen LogP contribution in [0.1, 0.15) is 41.0 Å². The number of carbonyl (C=O) groups is 1. The lowest BCUT2D eigenvalue weighted by atomic mass is 9.96. The van der Waals surface area contributed by atoms with Gasteiger partial charge < -0.3 is 15.8 Å². The lowest BCUT2D eigenvalue weighted by molar-refractivity contribution is 0.0513. The molecule has 0 bridgehead atoms. The first-order valence-electron chi connectivity index (χ1n) is 5.79. The molecule has 1 unspecified atom stereocenters. The van der Waals surface area contributed by atoms with Crippen LogP contribution < -0.4 is 11.1 Å². The molecular formula is C12H24N2O2. The van der Waals surface area contributed by atoms with Crippen LogP contribution in [0, 0.1) is 10.8 Å². The SMILES string of the molecule is CC(C)(C)OC(=O)NCC1(CN)CC1(C)C. The molecule has 1 rings (SSSR count). The van der Waals surface area contributed by atoms with E-state index in [1.807, 2.05) is 20.8 Å². The van der Waals surface area contributed by atoms with Gasteiger partial charge in [0, 0.05) is 18.5 Å². The van der Waals surface area contributed by atoms with Crippen molar-refractivity contribution in [3.8, 4) is 0 Å². The van der Waals surface area contributed by atoms with E-state index in [2.05, 4.69) is 19.2 Å². The zero-order valence-corrected chi connectivity index (χ0v) is 11.0. The Balaban J connectivity index is 2.39. The zero-order chi connectivity index (χ0) is 12.6. The molecule has 1 saturated carbocycles. The van der Waals surface area contributed by atoms with E-state index in [1.165, 1.54) is 0 Å². The molecule has 4 heteroatoms. The fourth-order valence-electron chi connectivity index (χ4n) is 2.08. The van der Waals surface area contributed by atoms with Crippen molar-refractivity contribution in [1.82, 2.24) is 5.32 Å². The van der Waals surface area contributed by atoms with Gasteiger partial charge in [-0.15, -0.1) is 0 Å². The third-order valence-electron chi connectivity index (χ3n) is 3.45. The lowest BCUT2D eigenvalue weighted by Gasteiger charge is -2.23. The van der Waals surface area contributed by atoms with Crippen molar-refractivity contribution in [2.24, 2.45) is 16.6 Å². The first-order chi connectivity index (χ1) is 7.12. The van der Waals surface area contributed by atoms with E-state index in [9.17, 15) is 4.79 Å². The van der Waals surface area contributed by atoms with Crippen molar-refractivity contribution >= 4 is 6.09 Å². The van der Waals surface area contributed by atoms with Gasteiger partial charge in [-0.25, -0.2) is 4.79 Å². The van der Waals surface area contributed by atoms with Crippen molar-refractivity contribution < 1.29 is 9.53 Å². The average molecular weight is 228 g/mol. The third kappa shape index (κ3) is 2.88. The summed E-state index contributed by atoms with van der Waals surface area (Å²) >= 11 is 0. The molecule has 0 aromatic heterocycles. The van der Waals surface area contributed by atoms with Gasteiger partial charge in [0.2, 0.25) is 0 Å². The topological polar surface area (TPSA) is 64.3 Å². The predicted octanol–water partition coefficient (Wildman–Crippen LogP) is 1.89. The second kappa shape index (κ2) is 3.91. The number of carbonyl (C=O) groups excluding carboxylic acids is 1. The first kappa shape index (κ1) is 13.3. The van der Waals surface area contributed by atoms with Gasteiger partial charge in [0.05, 0.1) is 0 Å². The van der Waals surface area contributed by atoms with Gasteiger partial charge in [0.25, 0.3) is 0 Å². The van der Waals surface area contributed by atoms with Crippen LogP contribution in [0.4, 0.5) is 4.79 Å². The van der Waals surface area contributed by atoms with Crippen LogP contribution in [0.2, 0.25) is 0 Å². The van der Waals surface area contributed by atoms with E-state index in [-0.39, 0.29) is 16.9 Å². The molecular weight excluding hydrogens is 204 g/mol. The van der Waals surface area contributed by atoms with Crippen molar-refractivity contribution in [1.29, 1.82) is 0 Å². The van der Waals surface area contributed by atoms with Gasteiger partial charge >= 0.3 is 6.09 Å². The maximum absolute atomic E-state index is 11.5. The summed E-state index contributed by atoms with van der Waals surface area (Å²) in [5, 5.41) is 2.81. The average Bonchev–Trinajstić information content (AvgIpc) is 2.63. The maximum Gasteiger partial charge on any atom is 0.407 e. The second-order valence-corrected chi connectivity index (χ2v) is 6.40. The molecule has 0 radical (unpaired) electrons. The normalized spacial score (nSPS) is 27.4. The molecule has 1 fully saturated rings. The Morgan fingerprint density at radius 2 is 1.94 bits per heavy atom. The van der Waals surface area contributed by atoms with Crippen LogP contribution in [0.25, 0.3) is 0 Å². The van der Waals surface area contributed by atoms with Crippen LogP contribution in [0.3, 0.4) is 0 Å². The summed E-state index contributed by atoms with van der Waals surface area (Å²) in [6, 6.07) is 0. The molecule has 0 saturated heterocycles. The summed E-state index contributed by atoms with van der Waals surface area (Å²) in [7, 11) is 0. The van der Waals surface area contributed by atoms with Crippen LogP contribution in [-0.4, -0.2) is 24.8 Å². The summed E-state index contributed by atoms with van der Waals surface area (Å²) in [5.41, 5.74) is 5.61. The van der Waals surface area contributed by atoms with Crippen LogP contribution >= 0.6 is 0 Å². The highest BCUT2D eigenvalue weighted by Crippen LogP contribution is 2.62. The molecule has 1 amide bonds. The van der Waals surface area contributed by atoms with Gasteiger partial charge in [0.15, 0.2) is 0 Å². The highest BCUT2D eigenvalue weighted by molar-refractivity contribution is 5.67. The van der Waals surface area contributed by atoms with Crippen LogP contribution in [0.15, 0.2) is 0 Å². The zero-order valence-electron chi connectivity index (χ0n) is 11.0. The number of rotatable bonds is 3. The smallest absolute Gasteiger partial charge is 0.407 e. The summed E-state index contributed by atoms with van der Waals surface area (Å²) in [4.78, 5) is 11.5. The summed E-state index contributed by atoms with van der Waals surface area (Å²) in [6.07, 6.45) is 0.703. The van der Waals surface area contributed by atoms with Crippen molar-refractivity contribution in [2.75, 3.05) is 13.1 Å². The first-order valence-corrected chi connectivity index (χ1v) is 5.79. The molecule has 94 valence electrons. The number of amides is 1. The van der Waals surface area contributed by atoms with Gasteiger partial charge in [0.1, 0.15) is 5.60 Å². The van der Waals surface area contributed by atoms with Gasteiger partial charge in [-0.05, 0) is 32.6 Å². The fourth-order valence-corrected chi connectivity index (χ4v) is 2.08. The number of hydrogen-bond donors (Lipinski definition) is 2. The standard InChI is InChI=1S/C12H24N2O2/c1-10(2,3)16-9(15)14-8-12(7-13)6-11(12,4)5/h6-8,13H2,1-5H3,(H,14,15). The van der Waals surface area contributed by atoms with Crippen LogP contribution in [0.5, 0.6) is 0 Å². The highest BCUT2D eigenvalue weighted by Gasteiger charge is 2.59. The Morgan fingerprint density at radius 1 is 1.44 bits per heavy atom. The Labute approximate surface area is 97.9 Å². The highest BCUT2D eigenvalue weighted by atomic mass is 16.6. The van der Waals surface area contributed by atoms with E-state index >= 15 is 0 Å². The lowest BCUT2D eigenvalue weighted by Crippen LogP contribution is -2.39. The van der Waals surface area contributed by atoms with E-state index in [4.69, 9.17) is 10.5 Å². The largest absolute Gasteiger partial charge is 0.444 e. The molecule has 0 aromatic rings. The Bertz CT molecular complexity index is 281. The van der Waals surface area contributed by atoms with Gasteiger partial charge in [-0.2, -0.15) is 0 Å². The summed E-state index contributed by atoms with van der Waals surface area (Å²) in [6.45, 7) is 11.1. The molecule has 0 aliphatic heterocycles. The molecule has 0 spiro atoms. The monoisotopic (exact) mass is 228 g/mol. The minimum absolute atomic E-state index is 0.0594. The Kier molecular flexibility index (Phi) is 3.25. The molecule has 4 nitrogen and oxygen atoms in total. The van der Waals surface area contributed by atoms with E-state index in [0.29, 0.717) is 13.1 Å². The number of nitrogens with two attached hydrogens (primary N) is 1. The summed E-state index contributed by atoms with van der Waals surface area (Å²) in [5.74, 6) is 0. The van der Waals surface area contributed by atoms with Gasteiger partial charge in [-0.1, -0.05) is 13.8 Å². The molecule has 0 aromatic carbocycles. The van der Waals surface area contributed by atoms with E-state index < -0.39 is 5.60 Å². The minimum atomic E-state index is -0.445. The third-order valence-corrected chi connectivity index (χ3v) is 3.45. The minimum Gasteiger partial charge on any atom is -0.444 e. The quantitative estimate of drug-likeness (QED) is 0.775. The number of hydrogen-bond acceptors (Lipinski definition) is 3. The Hall–Kier alpha value is -0.770. The Morgan fingerprint density at radius 3 is 2.25 bits per heavy atom. The molecule has 1 aliphatic rings. The number of alkyl carbamates (subject to hydrolysis) is 1. The molecule has 0 heterocycles. The number of nitrogens with one attached hydrogen (secondary N) is 1. The van der Waals surface area contributed by atoms with Gasteiger partial charge in [-0.3, -0.25) is 0 Å². The number of ether oxygens (including phenoxy) is 1. The molecule has 3 N–H and O–H groups in total. The predicted molar refractivity (Wildman–Crippen MR) is 64.1 cm³/mol. The fraction of sp³-hybridized carbons (Fsp3) is 0.917.